The number of thiazole rings is 1. The van der Waals surface area contributed by atoms with E-state index in [2.05, 4.69) is 20.8 Å². The van der Waals surface area contributed by atoms with E-state index >= 15 is 0 Å². The topological polar surface area (TPSA) is 79.5 Å². The van der Waals surface area contributed by atoms with Crippen LogP contribution in [-0.2, 0) is 0 Å². The first-order chi connectivity index (χ1) is 17.5. The number of halogens is 2. The minimum atomic E-state index is -0.331. The number of rotatable bonds is 7. The predicted octanol–water partition coefficient (Wildman–Crippen LogP) is 7.88. The Bertz CT molecular complexity index is 1530. The molecule has 0 saturated heterocycles. The van der Waals surface area contributed by atoms with Crippen molar-refractivity contribution in [2.24, 2.45) is 5.10 Å². The zero-order chi connectivity index (χ0) is 24.9. The number of aromatic nitrogens is 1. The molecule has 3 aromatic carbocycles. The molecule has 1 amide bonds. The number of amides is 1. The summed E-state index contributed by atoms with van der Waals surface area (Å²) < 4.78 is 5.75. The summed E-state index contributed by atoms with van der Waals surface area (Å²) in [6.45, 7) is 0. The molecule has 178 valence electrons. The molecule has 0 unspecified atom stereocenters. The van der Waals surface area contributed by atoms with Gasteiger partial charge in [-0.05, 0) is 60.7 Å². The fraction of sp³-hybridized carbons (Fsp3) is 0. The first-order valence-corrected chi connectivity index (χ1v) is 12.4. The number of carbonyl (C=O) groups is 1. The second-order valence-corrected chi connectivity index (χ2v) is 9.39. The van der Waals surface area contributed by atoms with Gasteiger partial charge in [0.25, 0.3) is 5.91 Å². The first-order valence-electron chi connectivity index (χ1n) is 10.8. The Morgan fingerprint density at radius 3 is 2.50 bits per heavy atom. The van der Waals surface area contributed by atoms with Crippen molar-refractivity contribution >= 4 is 57.5 Å². The second-order valence-electron chi connectivity index (χ2n) is 7.66. The summed E-state index contributed by atoms with van der Waals surface area (Å²) in [6.07, 6.45) is 1.45. The zero-order valence-electron chi connectivity index (χ0n) is 18.6. The van der Waals surface area contributed by atoms with Gasteiger partial charge in [0.2, 0.25) is 0 Å². The van der Waals surface area contributed by atoms with E-state index in [1.807, 2.05) is 66.0 Å². The fourth-order valence-corrected chi connectivity index (χ4v) is 4.41. The number of hydrazone groups is 1. The molecule has 0 atom stereocenters. The van der Waals surface area contributed by atoms with Crippen LogP contribution < -0.4 is 10.7 Å². The summed E-state index contributed by atoms with van der Waals surface area (Å²) in [5.74, 6) is 0.837. The van der Waals surface area contributed by atoms with Crippen molar-refractivity contribution in [2.75, 3.05) is 5.32 Å². The van der Waals surface area contributed by atoms with E-state index in [0.29, 0.717) is 27.1 Å². The maximum absolute atomic E-state index is 12.5. The summed E-state index contributed by atoms with van der Waals surface area (Å²) >= 11 is 13.5. The van der Waals surface area contributed by atoms with E-state index in [9.17, 15) is 4.79 Å². The average Bonchev–Trinajstić information content (AvgIpc) is 3.56. The van der Waals surface area contributed by atoms with Gasteiger partial charge in [-0.3, -0.25) is 4.79 Å². The van der Waals surface area contributed by atoms with Crippen molar-refractivity contribution in [3.63, 3.8) is 0 Å². The van der Waals surface area contributed by atoms with E-state index < -0.39 is 0 Å². The van der Waals surface area contributed by atoms with Crippen LogP contribution in [-0.4, -0.2) is 17.1 Å². The number of hydrogen-bond donors (Lipinski definition) is 2. The Morgan fingerprint density at radius 2 is 1.72 bits per heavy atom. The number of hydrogen-bond acceptors (Lipinski definition) is 6. The number of benzene rings is 3. The SMILES string of the molecule is O=C(N/N=C\c1ccc(-c2cccc(Cl)c2)o1)c1ccc(-c2csc(Nc3ccc(Cl)cc3)n2)cc1. The highest BCUT2D eigenvalue weighted by Crippen LogP contribution is 2.28. The highest BCUT2D eigenvalue weighted by molar-refractivity contribution is 7.14. The van der Waals surface area contributed by atoms with Crippen molar-refractivity contribution in [1.29, 1.82) is 0 Å². The van der Waals surface area contributed by atoms with Gasteiger partial charge < -0.3 is 9.73 Å². The Labute approximate surface area is 221 Å². The van der Waals surface area contributed by atoms with Crippen molar-refractivity contribution < 1.29 is 9.21 Å². The lowest BCUT2D eigenvalue weighted by Crippen LogP contribution is -2.17. The minimum absolute atomic E-state index is 0.331. The lowest BCUT2D eigenvalue weighted by atomic mass is 10.1. The molecule has 0 fully saturated rings. The third-order valence-corrected chi connectivity index (χ3v) is 6.38. The molecule has 36 heavy (non-hydrogen) atoms. The maximum atomic E-state index is 12.5. The highest BCUT2D eigenvalue weighted by atomic mass is 35.5. The van der Waals surface area contributed by atoms with Crippen LogP contribution in [0.2, 0.25) is 10.0 Å². The van der Waals surface area contributed by atoms with Crippen LogP contribution in [0.5, 0.6) is 0 Å². The molecule has 0 bridgehead atoms. The lowest BCUT2D eigenvalue weighted by Gasteiger charge is -2.03. The van der Waals surface area contributed by atoms with Gasteiger partial charge in [0, 0.05) is 37.8 Å². The van der Waals surface area contributed by atoms with Gasteiger partial charge in [0.05, 0.1) is 11.9 Å². The molecule has 2 aromatic heterocycles. The van der Waals surface area contributed by atoms with E-state index in [4.69, 9.17) is 27.6 Å². The zero-order valence-corrected chi connectivity index (χ0v) is 20.9. The molecule has 0 saturated carbocycles. The van der Waals surface area contributed by atoms with Crippen LogP contribution in [0, 0.1) is 0 Å². The molecule has 2 heterocycles. The maximum Gasteiger partial charge on any atom is 0.271 e. The quantitative estimate of drug-likeness (QED) is 0.165. The molecule has 0 aliphatic carbocycles. The Morgan fingerprint density at radius 1 is 0.917 bits per heavy atom. The largest absolute Gasteiger partial charge is 0.455 e. The summed E-state index contributed by atoms with van der Waals surface area (Å²) in [6, 6.07) is 25.5. The highest BCUT2D eigenvalue weighted by Gasteiger charge is 2.09. The Kier molecular flexibility index (Phi) is 7.13. The third kappa shape index (κ3) is 5.83. The van der Waals surface area contributed by atoms with E-state index in [1.54, 1.807) is 24.3 Å². The standard InChI is InChI=1S/C27H18Cl2N4O2S/c28-20-8-10-22(11-9-20)31-27-32-24(16-36-27)17-4-6-18(7-5-17)26(34)33-30-15-23-12-13-25(35-23)19-2-1-3-21(29)14-19/h1-16H,(H,31,32)(H,33,34)/b30-15-. The van der Waals surface area contributed by atoms with Gasteiger partial charge >= 0.3 is 0 Å². The second kappa shape index (κ2) is 10.8. The lowest BCUT2D eigenvalue weighted by molar-refractivity contribution is 0.0955. The number of nitrogens with one attached hydrogen (secondary N) is 2. The van der Waals surface area contributed by atoms with Gasteiger partial charge in [-0.2, -0.15) is 5.10 Å². The molecule has 2 N–H and O–H groups in total. The fourth-order valence-electron chi connectivity index (χ4n) is 3.35. The summed E-state index contributed by atoms with van der Waals surface area (Å²) in [7, 11) is 0. The molecule has 0 spiro atoms. The number of anilines is 2. The summed E-state index contributed by atoms with van der Waals surface area (Å²) in [5.41, 5.74) is 6.48. The minimum Gasteiger partial charge on any atom is -0.455 e. The van der Waals surface area contributed by atoms with Crippen molar-refractivity contribution in [3.8, 4) is 22.6 Å². The van der Waals surface area contributed by atoms with Crippen LogP contribution in [0.4, 0.5) is 10.8 Å². The monoisotopic (exact) mass is 532 g/mol. The van der Waals surface area contributed by atoms with E-state index in [1.165, 1.54) is 17.6 Å². The van der Waals surface area contributed by atoms with Crippen LogP contribution in [0.25, 0.3) is 22.6 Å². The average molecular weight is 533 g/mol. The van der Waals surface area contributed by atoms with E-state index in [-0.39, 0.29) is 5.91 Å². The normalized spacial score (nSPS) is 11.1. The van der Waals surface area contributed by atoms with E-state index in [0.717, 1.165) is 27.6 Å². The van der Waals surface area contributed by atoms with Crippen LogP contribution >= 0.6 is 34.5 Å². The molecule has 0 aliphatic heterocycles. The van der Waals surface area contributed by atoms with Gasteiger partial charge in [0.15, 0.2) is 5.13 Å². The Balaban J connectivity index is 1.18. The van der Waals surface area contributed by atoms with Crippen LogP contribution in [0.1, 0.15) is 16.1 Å². The summed E-state index contributed by atoms with van der Waals surface area (Å²) in [4.78, 5) is 17.1. The molecule has 0 aliphatic rings. The smallest absolute Gasteiger partial charge is 0.271 e. The van der Waals surface area contributed by atoms with Crippen molar-refractivity contribution in [2.45, 2.75) is 0 Å². The molecule has 9 heteroatoms. The van der Waals surface area contributed by atoms with Crippen LogP contribution in [0.15, 0.2) is 99.8 Å². The van der Waals surface area contributed by atoms with Gasteiger partial charge in [-0.15, -0.1) is 11.3 Å². The first kappa shape index (κ1) is 23.8. The molecular weight excluding hydrogens is 515 g/mol. The summed E-state index contributed by atoms with van der Waals surface area (Å²) in [5, 5.41) is 11.3. The number of nitrogens with zero attached hydrogens (tertiary/aromatic N) is 2. The van der Waals surface area contributed by atoms with Gasteiger partial charge in [0.1, 0.15) is 11.5 Å². The molecular formula is C27H18Cl2N4O2S. The van der Waals surface area contributed by atoms with Crippen molar-refractivity contribution in [3.05, 3.63) is 112 Å². The molecule has 5 rings (SSSR count). The molecule has 6 nitrogen and oxygen atoms in total. The molecule has 5 aromatic rings. The third-order valence-electron chi connectivity index (χ3n) is 5.14. The van der Waals surface area contributed by atoms with Gasteiger partial charge in [-0.25, -0.2) is 10.4 Å². The van der Waals surface area contributed by atoms with Crippen molar-refractivity contribution in [1.82, 2.24) is 10.4 Å². The number of carbonyl (C=O) groups excluding carboxylic acids is 1. The Hall–Kier alpha value is -3.91. The predicted molar refractivity (Wildman–Crippen MR) is 146 cm³/mol. The molecule has 0 radical (unpaired) electrons. The van der Waals surface area contributed by atoms with Gasteiger partial charge in [-0.1, -0.05) is 47.5 Å². The van der Waals surface area contributed by atoms with Crippen LogP contribution in [0.3, 0.4) is 0 Å². The number of furan rings is 1.